The summed E-state index contributed by atoms with van der Waals surface area (Å²) in [5, 5.41) is 9.18. The Labute approximate surface area is 73.3 Å². The van der Waals surface area contributed by atoms with Gasteiger partial charge in [-0.15, -0.1) is 0 Å². The quantitative estimate of drug-likeness (QED) is 0.691. The van der Waals surface area contributed by atoms with Crippen molar-refractivity contribution in [3.63, 3.8) is 0 Å². The second-order valence-electron chi connectivity index (χ2n) is 2.80. The Kier molecular flexibility index (Phi) is 3.17. The fraction of sp³-hybridized carbons (Fsp3) is 0.333. The Morgan fingerprint density at radius 1 is 1.50 bits per heavy atom. The third-order valence-electron chi connectivity index (χ3n) is 1.61. The van der Waals surface area contributed by atoms with E-state index in [1.807, 2.05) is 38.1 Å². The Bertz CT molecular complexity index is 250. The van der Waals surface area contributed by atoms with Gasteiger partial charge in [0, 0.05) is 0 Å². The Morgan fingerprint density at radius 3 is 2.83 bits per heavy atom. The number of aryl methyl sites for hydroxylation is 1. The average molecular weight is 164 g/mol. The lowest BCUT2D eigenvalue weighted by atomic mass is 9.87. The Hall–Kier alpha value is -0.955. The van der Waals surface area contributed by atoms with Gasteiger partial charge in [-0.1, -0.05) is 19.1 Å². The molecule has 12 heavy (non-hydrogen) atoms. The second-order valence-corrected chi connectivity index (χ2v) is 2.80. The first-order valence-corrected chi connectivity index (χ1v) is 4.13. The van der Waals surface area contributed by atoms with Gasteiger partial charge < -0.3 is 9.68 Å². The van der Waals surface area contributed by atoms with Crippen LogP contribution in [0.3, 0.4) is 0 Å². The molecule has 0 saturated heterocycles. The number of benzene rings is 1. The summed E-state index contributed by atoms with van der Waals surface area (Å²) in [5.74, 6) is 0.726. The highest BCUT2D eigenvalue weighted by molar-refractivity contribution is 6.43. The SMILES string of the molecule is CCB(O)Oc1cccc(C)c1. The molecule has 0 unspecified atom stereocenters. The van der Waals surface area contributed by atoms with Crippen LogP contribution in [0.4, 0.5) is 0 Å². The van der Waals surface area contributed by atoms with E-state index >= 15 is 0 Å². The van der Waals surface area contributed by atoms with Crippen LogP contribution >= 0.6 is 0 Å². The summed E-state index contributed by atoms with van der Waals surface area (Å²) in [6, 6.07) is 7.64. The van der Waals surface area contributed by atoms with Crippen molar-refractivity contribution >= 4 is 7.12 Å². The van der Waals surface area contributed by atoms with Crippen molar-refractivity contribution in [2.45, 2.75) is 20.2 Å². The minimum Gasteiger partial charge on any atom is -0.536 e. The standard InChI is InChI=1S/C9H13BO2/c1-3-10(11)12-9-6-4-5-8(2)7-9/h4-7,11H,3H2,1-2H3. The van der Waals surface area contributed by atoms with Gasteiger partial charge in [-0.25, -0.2) is 0 Å². The topological polar surface area (TPSA) is 29.5 Å². The average Bonchev–Trinajstić information content (AvgIpc) is 2.04. The molecule has 1 aromatic carbocycles. The molecule has 0 atom stereocenters. The molecule has 0 aromatic heterocycles. The molecule has 0 bridgehead atoms. The first kappa shape index (κ1) is 9.14. The molecule has 0 aliphatic carbocycles. The van der Waals surface area contributed by atoms with Gasteiger partial charge in [-0.2, -0.15) is 0 Å². The molecule has 0 aliphatic rings. The maximum Gasteiger partial charge on any atom is 0.522 e. The van der Waals surface area contributed by atoms with Gasteiger partial charge in [0.05, 0.1) is 0 Å². The van der Waals surface area contributed by atoms with Crippen LogP contribution in [-0.4, -0.2) is 12.1 Å². The largest absolute Gasteiger partial charge is 0.536 e. The van der Waals surface area contributed by atoms with Gasteiger partial charge in [0.25, 0.3) is 0 Å². The van der Waals surface area contributed by atoms with Crippen LogP contribution in [0.5, 0.6) is 5.75 Å². The van der Waals surface area contributed by atoms with Crippen molar-refractivity contribution < 1.29 is 9.68 Å². The minimum absolute atomic E-state index is 0.605. The fourth-order valence-corrected chi connectivity index (χ4v) is 0.929. The van der Waals surface area contributed by atoms with E-state index in [4.69, 9.17) is 4.65 Å². The molecule has 0 aliphatic heterocycles. The molecule has 0 saturated carbocycles. The maximum absolute atomic E-state index is 9.18. The lowest BCUT2D eigenvalue weighted by molar-refractivity contribution is 0.415. The van der Waals surface area contributed by atoms with Gasteiger partial charge in [-0.3, -0.25) is 0 Å². The monoisotopic (exact) mass is 164 g/mol. The lowest BCUT2D eigenvalue weighted by Crippen LogP contribution is -2.19. The zero-order chi connectivity index (χ0) is 8.97. The molecule has 1 N–H and O–H groups in total. The summed E-state index contributed by atoms with van der Waals surface area (Å²) in [7, 11) is -0.688. The normalized spacial score (nSPS) is 9.58. The molecule has 1 aromatic rings. The van der Waals surface area contributed by atoms with Crippen LogP contribution in [0.25, 0.3) is 0 Å². The van der Waals surface area contributed by atoms with E-state index < -0.39 is 7.12 Å². The molecule has 0 heterocycles. The molecule has 2 nitrogen and oxygen atoms in total. The molecule has 3 heteroatoms. The Balaban J connectivity index is 2.63. The Morgan fingerprint density at radius 2 is 2.25 bits per heavy atom. The van der Waals surface area contributed by atoms with Crippen molar-refractivity contribution in [1.29, 1.82) is 0 Å². The van der Waals surface area contributed by atoms with Crippen LogP contribution in [-0.2, 0) is 0 Å². The smallest absolute Gasteiger partial charge is 0.522 e. The van der Waals surface area contributed by atoms with Gasteiger partial charge in [-0.05, 0) is 30.9 Å². The van der Waals surface area contributed by atoms with Crippen LogP contribution < -0.4 is 4.65 Å². The van der Waals surface area contributed by atoms with Crippen molar-refractivity contribution in [1.82, 2.24) is 0 Å². The van der Waals surface area contributed by atoms with Crippen LogP contribution in [0.1, 0.15) is 12.5 Å². The van der Waals surface area contributed by atoms with E-state index in [0.29, 0.717) is 6.32 Å². The zero-order valence-corrected chi connectivity index (χ0v) is 7.45. The molecule has 0 radical (unpaired) electrons. The molecule has 0 amide bonds. The van der Waals surface area contributed by atoms with Crippen molar-refractivity contribution in [2.75, 3.05) is 0 Å². The van der Waals surface area contributed by atoms with Crippen molar-refractivity contribution in [3.8, 4) is 5.75 Å². The van der Waals surface area contributed by atoms with E-state index in [2.05, 4.69) is 0 Å². The highest BCUT2D eigenvalue weighted by Gasteiger charge is 2.10. The van der Waals surface area contributed by atoms with E-state index in [1.54, 1.807) is 0 Å². The summed E-state index contributed by atoms with van der Waals surface area (Å²) in [6.45, 7) is 3.87. The third kappa shape index (κ3) is 2.59. The summed E-state index contributed by atoms with van der Waals surface area (Å²) in [6.07, 6.45) is 0.605. The summed E-state index contributed by atoms with van der Waals surface area (Å²) < 4.78 is 5.20. The maximum atomic E-state index is 9.18. The van der Waals surface area contributed by atoms with Crippen molar-refractivity contribution in [3.05, 3.63) is 29.8 Å². The van der Waals surface area contributed by atoms with Crippen LogP contribution in [0.15, 0.2) is 24.3 Å². The third-order valence-corrected chi connectivity index (χ3v) is 1.61. The summed E-state index contributed by atoms with van der Waals surface area (Å²) in [4.78, 5) is 0. The van der Waals surface area contributed by atoms with E-state index in [0.717, 1.165) is 11.3 Å². The predicted molar refractivity (Wildman–Crippen MR) is 50.3 cm³/mol. The van der Waals surface area contributed by atoms with Crippen molar-refractivity contribution in [2.24, 2.45) is 0 Å². The van der Waals surface area contributed by atoms with Gasteiger partial charge in [0.1, 0.15) is 5.75 Å². The van der Waals surface area contributed by atoms with Crippen LogP contribution in [0.2, 0.25) is 6.32 Å². The molecular weight excluding hydrogens is 151 g/mol. The first-order chi connectivity index (χ1) is 5.72. The van der Waals surface area contributed by atoms with Gasteiger partial charge >= 0.3 is 7.12 Å². The molecule has 1 rings (SSSR count). The summed E-state index contributed by atoms with van der Waals surface area (Å²) >= 11 is 0. The fourth-order valence-electron chi connectivity index (χ4n) is 0.929. The molecule has 0 fully saturated rings. The highest BCUT2D eigenvalue weighted by Crippen LogP contribution is 2.13. The molecule has 0 spiro atoms. The first-order valence-electron chi connectivity index (χ1n) is 4.13. The number of rotatable bonds is 3. The van der Waals surface area contributed by atoms with Gasteiger partial charge in [0.15, 0.2) is 0 Å². The van der Waals surface area contributed by atoms with E-state index in [-0.39, 0.29) is 0 Å². The number of hydrogen-bond donors (Lipinski definition) is 1. The second kappa shape index (κ2) is 4.17. The highest BCUT2D eigenvalue weighted by atomic mass is 16.5. The molecule has 64 valence electrons. The van der Waals surface area contributed by atoms with E-state index in [1.165, 1.54) is 0 Å². The number of hydrogen-bond acceptors (Lipinski definition) is 2. The lowest BCUT2D eigenvalue weighted by Gasteiger charge is -2.07. The molecular formula is C9H13BO2. The summed E-state index contributed by atoms with van der Waals surface area (Å²) in [5.41, 5.74) is 1.14. The van der Waals surface area contributed by atoms with E-state index in [9.17, 15) is 5.02 Å². The van der Waals surface area contributed by atoms with Crippen LogP contribution in [0, 0.1) is 6.92 Å². The predicted octanol–water partition coefficient (Wildman–Crippen LogP) is 1.87. The zero-order valence-electron chi connectivity index (χ0n) is 7.45. The minimum atomic E-state index is -0.688. The van der Waals surface area contributed by atoms with Gasteiger partial charge in [0.2, 0.25) is 0 Å².